The van der Waals surface area contributed by atoms with Crippen molar-refractivity contribution >= 4 is 33.2 Å². The highest BCUT2D eigenvalue weighted by atomic mass is 35.5. The van der Waals surface area contributed by atoms with Gasteiger partial charge >= 0.3 is 0 Å². The summed E-state index contributed by atoms with van der Waals surface area (Å²) in [6.45, 7) is 3.46. The van der Waals surface area contributed by atoms with Gasteiger partial charge in [0.1, 0.15) is 0 Å². The lowest BCUT2D eigenvalue weighted by atomic mass is 10.1. The van der Waals surface area contributed by atoms with Crippen LogP contribution in [-0.4, -0.2) is 25.8 Å². The van der Waals surface area contributed by atoms with Crippen molar-refractivity contribution in [2.75, 3.05) is 12.3 Å². The minimum atomic E-state index is -3.41. The van der Waals surface area contributed by atoms with Crippen LogP contribution >= 0.6 is 23.2 Å². The SMILES string of the molecule is CC(C)CS(=O)(=O)NCC(O)c1c(Cl)cccc1Cl. The van der Waals surface area contributed by atoms with Crippen LogP contribution in [0.1, 0.15) is 25.5 Å². The molecule has 0 aliphatic heterocycles. The van der Waals surface area contributed by atoms with E-state index in [2.05, 4.69) is 4.72 Å². The highest BCUT2D eigenvalue weighted by Gasteiger charge is 2.19. The van der Waals surface area contributed by atoms with Crippen LogP contribution in [0.25, 0.3) is 0 Å². The molecule has 0 heterocycles. The van der Waals surface area contributed by atoms with Gasteiger partial charge in [-0.15, -0.1) is 0 Å². The van der Waals surface area contributed by atoms with Crippen molar-refractivity contribution in [3.8, 4) is 0 Å². The second-order valence-electron chi connectivity index (χ2n) is 4.67. The van der Waals surface area contributed by atoms with Crippen molar-refractivity contribution < 1.29 is 13.5 Å². The maximum atomic E-state index is 11.7. The van der Waals surface area contributed by atoms with E-state index in [1.807, 2.05) is 0 Å². The third-order valence-electron chi connectivity index (χ3n) is 2.38. The van der Waals surface area contributed by atoms with Gasteiger partial charge in [0.15, 0.2) is 0 Å². The summed E-state index contributed by atoms with van der Waals surface area (Å²) in [4.78, 5) is 0. The number of halogens is 2. The quantitative estimate of drug-likeness (QED) is 0.844. The summed E-state index contributed by atoms with van der Waals surface area (Å²) in [5.41, 5.74) is 0.332. The molecule has 0 saturated carbocycles. The Morgan fingerprint density at radius 2 is 1.79 bits per heavy atom. The number of sulfonamides is 1. The third kappa shape index (κ3) is 5.28. The summed E-state index contributed by atoms with van der Waals surface area (Å²) in [6, 6.07) is 4.84. The Morgan fingerprint density at radius 3 is 2.26 bits per heavy atom. The molecule has 1 atom stereocenters. The van der Waals surface area contributed by atoms with E-state index in [4.69, 9.17) is 23.2 Å². The summed E-state index contributed by atoms with van der Waals surface area (Å²) in [6.07, 6.45) is -1.08. The fourth-order valence-corrected chi connectivity index (χ4v) is 3.69. The van der Waals surface area contributed by atoms with E-state index < -0.39 is 16.1 Å². The molecule has 0 aromatic heterocycles. The van der Waals surface area contributed by atoms with Crippen LogP contribution in [0.15, 0.2) is 18.2 Å². The summed E-state index contributed by atoms with van der Waals surface area (Å²) in [7, 11) is -3.41. The summed E-state index contributed by atoms with van der Waals surface area (Å²) >= 11 is 11.9. The highest BCUT2D eigenvalue weighted by Crippen LogP contribution is 2.29. The molecule has 108 valence electrons. The van der Waals surface area contributed by atoms with Gasteiger partial charge < -0.3 is 5.11 Å². The van der Waals surface area contributed by atoms with Crippen LogP contribution in [0, 0.1) is 5.92 Å². The molecule has 0 radical (unpaired) electrons. The Kier molecular flexibility index (Phi) is 6.08. The van der Waals surface area contributed by atoms with E-state index in [-0.39, 0.29) is 18.2 Å². The fraction of sp³-hybridized carbons (Fsp3) is 0.500. The molecule has 0 amide bonds. The first-order valence-corrected chi connectivity index (χ1v) is 8.23. The fourth-order valence-electron chi connectivity index (χ4n) is 1.63. The van der Waals surface area contributed by atoms with E-state index >= 15 is 0 Å². The van der Waals surface area contributed by atoms with Crippen LogP contribution in [0.4, 0.5) is 0 Å². The molecule has 4 nitrogen and oxygen atoms in total. The van der Waals surface area contributed by atoms with Crippen molar-refractivity contribution in [2.24, 2.45) is 5.92 Å². The Hall–Kier alpha value is -0.330. The van der Waals surface area contributed by atoms with E-state index in [9.17, 15) is 13.5 Å². The summed E-state index contributed by atoms with van der Waals surface area (Å²) < 4.78 is 25.7. The van der Waals surface area contributed by atoms with Crippen molar-refractivity contribution in [3.63, 3.8) is 0 Å². The minimum Gasteiger partial charge on any atom is -0.387 e. The van der Waals surface area contributed by atoms with Crippen LogP contribution in [-0.2, 0) is 10.0 Å². The van der Waals surface area contributed by atoms with Crippen LogP contribution in [0.3, 0.4) is 0 Å². The summed E-state index contributed by atoms with van der Waals surface area (Å²) in [5.74, 6) is 0.0224. The number of hydrogen-bond acceptors (Lipinski definition) is 3. The van der Waals surface area contributed by atoms with Gasteiger partial charge in [0.2, 0.25) is 10.0 Å². The van der Waals surface area contributed by atoms with Crippen LogP contribution in [0.5, 0.6) is 0 Å². The van der Waals surface area contributed by atoms with Gasteiger partial charge in [-0.2, -0.15) is 0 Å². The molecular formula is C12H17Cl2NO3S. The molecule has 0 aliphatic rings. The van der Waals surface area contributed by atoms with Crippen LogP contribution in [0.2, 0.25) is 10.0 Å². The van der Waals surface area contributed by atoms with Crippen molar-refractivity contribution in [1.29, 1.82) is 0 Å². The van der Waals surface area contributed by atoms with Crippen LogP contribution < -0.4 is 4.72 Å². The molecule has 0 saturated heterocycles. The number of nitrogens with one attached hydrogen (secondary N) is 1. The van der Waals surface area contributed by atoms with E-state index in [1.54, 1.807) is 32.0 Å². The largest absolute Gasteiger partial charge is 0.387 e. The molecule has 1 aromatic carbocycles. The van der Waals surface area contributed by atoms with E-state index in [0.29, 0.717) is 15.6 Å². The average Bonchev–Trinajstić information content (AvgIpc) is 2.24. The van der Waals surface area contributed by atoms with Gasteiger partial charge in [0.25, 0.3) is 0 Å². The van der Waals surface area contributed by atoms with E-state index in [0.717, 1.165) is 0 Å². The molecule has 1 unspecified atom stereocenters. The summed E-state index contributed by atoms with van der Waals surface area (Å²) in [5, 5.41) is 10.6. The molecule has 1 rings (SSSR count). The Morgan fingerprint density at radius 1 is 1.26 bits per heavy atom. The maximum Gasteiger partial charge on any atom is 0.211 e. The standard InChI is InChI=1S/C12H17Cl2NO3S/c1-8(2)7-19(17,18)15-6-11(16)12-9(13)4-3-5-10(12)14/h3-5,8,11,15-16H,6-7H2,1-2H3. The predicted molar refractivity (Wildman–Crippen MR) is 78.0 cm³/mol. The topological polar surface area (TPSA) is 66.4 Å². The van der Waals surface area contributed by atoms with E-state index in [1.165, 1.54) is 0 Å². The Labute approximate surface area is 123 Å². The van der Waals surface area contributed by atoms with Crippen molar-refractivity contribution in [3.05, 3.63) is 33.8 Å². The second-order valence-corrected chi connectivity index (χ2v) is 7.34. The Bertz CT molecular complexity index is 512. The molecule has 19 heavy (non-hydrogen) atoms. The molecule has 0 aliphatic carbocycles. The van der Waals surface area contributed by atoms with Gasteiger partial charge in [-0.25, -0.2) is 13.1 Å². The number of rotatable bonds is 6. The molecule has 7 heteroatoms. The van der Waals surface area contributed by atoms with Gasteiger partial charge in [0, 0.05) is 22.2 Å². The molecular weight excluding hydrogens is 309 g/mol. The normalized spacial score (nSPS) is 13.8. The smallest absolute Gasteiger partial charge is 0.211 e. The molecule has 0 spiro atoms. The number of benzene rings is 1. The lowest BCUT2D eigenvalue weighted by Gasteiger charge is -2.16. The van der Waals surface area contributed by atoms with Gasteiger partial charge in [-0.1, -0.05) is 43.1 Å². The minimum absolute atomic E-state index is 0.00989. The lowest BCUT2D eigenvalue weighted by molar-refractivity contribution is 0.182. The number of aliphatic hydroxyl groups is 1. The molecule has 0 bridgehead atoms. The Balaban J connectivity index is 2.74. The molecule has 0 fully saturated rings. The first-order valence-electron chi connectivity index (χ1n) is 5.82. The lowest BCUT2D eigenvalue weighted by Crippen LogP contribution is -2.32. The van der Waals surface area contributed by atoms with Gasteiger partial charge in [0.05, 0.1) is 11.9 Å². The van der Waals surface area contributed by atoms with Crippen molar-refractivity contribution in [2.45, 2.75) is 20.0 Å². The second kappa shape index (κ2) is 6.90. The first kappa shape index (κ1) is 16.7. The first-order chi connectivity index (χ1) is 8.73. The van der Waals surface area contributed by atoms with Gasteiger partial charge in [-0.05, 0) is 18.1 Å². The maximum absolute atomic E-state index is 11.7. The predicted octanol–water partition coefficient (Wildman–Crippen LogP) is 2.60. The monoisotopic (exact) mass is 325 g/mol. The highest BCUT2D eigenvalue weighted by molar-refractivity contribution is 7.89. The zero-order valence-electron chi connectivity index (χ0n) is 10.7. The molecule has 2 N–H and O–H groups in total. The third-order valence-corrected chi connectivity index (χ3v) is 4.75. The zero-order valence-corrected chi connectivity index (χ0v) is 13.1. The van der Waals surface area contributed by atoms with Gasteiger partial charge in [-0.3, -0.25) is 0 Å². The van der Waals surface area contributed by atoms with Crippen molar-refractivity contribution in [1.82, 2.24) is 4.72 Å². The number of aliphatic hydroxyl groups excluding tert-OH is 1. The average molecular weight is 326 g/mol. The zero-order chi connectivity index (χ0) is 14.6. The molecule has 1 aromatic rings. The number of hydrogen-bond donors (Lipinski definition) is 2.